The quantitative estimate of drug-likeness (QED) is 0.282. The van der Waals surface area contributed by atoms with Crippen LogP contribution in [0.2, 0.25) is 0 Å². The molecule has 0 N–H and O–H groups in total. The molecule has 0 unspecified atom stereocenters. The lowest BCUT2D eigenvalue weighted by molar-refractivity contribution is -0.280. The van der Waals surface area contributed by atoms with Gasteiger partial charge in [0.25, 0.3) is 0 Å². The van der Waals surface area contributed by atoms with E-state index < -0.39 is 72.0 Å². The van der Waals surface area contributed by atoms with Crippen molar-refractivity contribution in [2.45, 2.75) is 63.5 Å². The zero-order valence-electron chi connectivity index (χ0n) is 16.6. The topological polar surface area (TPSA) is 141 Å². The van der Waals surface area contributed by atoms with Crippen LogP contribution in [0, 0.1) is 0 Å². The number of carbonyl (C=O) groups is 5. The predicted octanol–water partition coefficient (Wildman–Crippen LogP) is 0.398. The van der Waals surface area contributed by atoms with Crippen LogP contribution < -0.4 is 0 Å². The molecule has 11 nitrogen and oxygen atoms in total. The van der Waals surface area contributed by atoms with E-state index in [9.17, 15) is 24.0 Å². The summed E-state index contributed by atoms with van der Waals surface area (Å²) in [6, 6.07) is 0. The van der Waals surface area contributed by atoms with Crippen LogP contribution in [0.15, 0.2) is 0 Å². The largest absolute Gasteiger partial charge is 0.462 e. The van der Waals surface area contributed by atoms with Crippen molar-refractivity contribution >= 4 is 45.8 Å². The lowest BCUT2D eigenvalue weighted by atomic mass is 9.87. The van der Waals surface area contributed by atoms with Crippen LogP contribution >= 0.6 is 15.9 Å². The fraction of sp³-hybridized carbons (Fsp3) is 0.706. The molecule has 1 aliphatic rings. The van der Waals surface area contributed by atoms with E-state index in [1.165, 1.54) is 0 Å². The molecule has 0 bridgehead atoms. The van der Waals surface area contributed by atoms with Crippen molar-refractivity contribution in [2.75, 3.05) is 13.2 Å². The summed E-state index contributed by atoms with van der Waals surface area (Å²) in [6.45, 7) is 4.58. The first-order valence-corrected chi connectivity index (χ1v) is 9.40. The zero-order chi connectivity index (χ0) is 22.4. The number of alkyl halides is 1. The molecule has 29 heavy (non-hydrogen) atoms. The Labute approximate surface area is 175 Å². The molecule has 0 aromatic rings. The maximum absolute atomic E-state index is 11.8. The van der Waals surface area contributed by atoms with Crippen LogP contribution in [0.1, 0.15) is 34.6 Å². The van der Waals surface area contributed by atoms with Crippen LogP contribution in [0.3, 0.4) is 0 Å². The number of halogens is 1. The molecule has 4 atom stereocenters. The molecule has 1 rings (SSSR count). The highest BCUT2D eigenvalue weighted by atomic mass is 79.9. The van der Waals surface area contributed by atoms with Crippen LogP contribution in [0.4, 0.5) is 0 Å². The number of hydrogen-bond donors (Lipinski definition) is 0. The van der Waals surface area contributed by atoms with Gasteiger partial charge in [-0.05, 0) is 0 Å². The normalized spacial score (nSPS) is 25.3. The van der Waals surface area contributed by atoms with Crippen molar-refractivity contribution in [3.8, 4) is 0 Å². The molecule has 0 aliphatic carbocycles. The molecule has 1 heterocycles. The Kier molecular flexibility index (Phi) is 9.02. The van der Waals surface area contributed by atoms with Crippen molar-refractivity contribution < 1.29 is 52.4 Å². The molecule has 1 aliphatic heterocycles. The Morgan fingerprint density at radius 1 is 0.724 bits per heavy atom. The van der Waals surface area contributed by atoms with Crippen molar-refractivity contribution in [1.82, 2.24) is 0 Å². The van der Waals surface area contributed by atoms with E-state index >= 15 is 0 Å². The van der Waals surface area contributed by atoms with E-state index in [0.29, 0.717) is 0 Å². The summed E-state index contributed by atoms with van der Waals surface area (Å²) >= 11 is 3.18. The molecule has 12 heteroatoms. The second-order valence-electron chi connectivity index (χ2n) is 6.27. The summed E-state index contributed by atoms with van der Waals surface area (Å²) < 4.78 is 31.7. The van der Waals surface area contributed by atoms with Gasteiger partial charge in [0, 0.05) is 34.6 Å². The Bertz CT molecular complexity index is 644. The molecule has 0 spiro atoms. The molecule has 1 fully saturated rings. The van der Waals surface area contributed by atoms with Crippen LogP contribution in [-0.2, 0) is 52.4 Å². The summed E-state index contributed by atoms with van der Waals surface area (Å²) in [7, 11) is 0. The molecular formula is C17H23BrO11. The highest BCUT2D eigenvalue weighted by molar-refractivity contribution is 9.09. The Hall–Kier alpha value is -2.21. The van der Waals surface area contributed by atoms with Crippen LogP contribution in [0.5, 0.6) is 0 Å². The van der Waals surface area contributed by atoms with Crippen LogP contribution in [-0.4, -0.2) is 72.0 Å². The SMILES string of the molecule is CC(=O)OCC1(COC(C)=O)O[C@@H](Br)[C@H](OC(C)=O)[C@@H](OC(C)=O)[C@H]1OC(C)=O. The zero-order valence-corrected chi connectivity index (χ0v) is 18.2. The standard InChI is InChI=1S/C17H23BrO11/c1-8(19)24-6-17(7-25-9(2)20)15(28-12(5)23)13(26-10(3)21)14(16(18)29-17)27-11(4)22/h13-16H,6-7H2,1-5H3/t13-,14-,15-,16-/m1/s1. The molecule has 0 radical (unpaired) electrons. The monoisotopic (exact) mass is 482 g/mol. The van der Waals surface area contributed by atoms with E-state index in [2.05, 4.69) is 15.9 Å². The van der Waals surface area contributed by atoms with E-state index in [0.717, 1.165) is 34.6 Å². The molecule has 0 aromatic heterocycles. The van der Waals surface area contributed by atoms with Gasteiger partial charge in [-0.1, -0.05) is 15.9 Å². The van der Waals surface area contributed by atoms with Gasteiger partial charge in [-0.15, -0.1) is 0 Å². The van der Waals surface area contributed by atoms with E-state index in [1.54, 1.807) is 0 Å². The first-order chi connectivity index (χ1) is 13.4. The fourth-order valence-corrected chi connectivity index (χ4v) is 3.47. The summed E-state index contributed by atoms with van der Waals surface area (Å²) in [5.41, 5.74) is -1.76. The second kappa shape index (κ2) is 10.5. The van der Waals surface area contributed by atoms with Crippen molar-refractivity contribution in [3.05, 3.63) is 0 Å². The summed E-state index contributed by atoms with van der Waals surface area (Å²) in [6.07, 6.45) is -4.02. The number of carbonyl (C=O) groups excluding carboxylic acids is 5. The van der Waals surface area contributed by atoms with Gasteiger partial charge >= 0.3 is 29.8 Å². The Morgan fingerprint density at radius 3 is 1.52 bits per heavy atom. The minimum atomic E-state index is -1.76. The molecule has 0 aromatic carbocycles. The van der Waals surface area contributed by atoms with E-state index in [-0.39, 0.29) is 0 Å². The minimum Gasteiger partial charge on any atom is -0.462 e. The number of hydrogen-bond acceptors (Lipinski definition) is 11. The van der Waals surface area contributed by atoms with Gasteiger partial charge in [0.2, 0.25) is 0 Å². The van der Waals surface area contributed by atoms with Gasteiger partial charge < -0.3 is 28.4 Å². The first-order valence-electron chi connectivity index (χ1n) is 8.48. The summed E-state index contributed by atoms with van der Waals surface area (Å²) in [5, 5.41) is -1.09. The molecule has 0 amide bonds. The van der Waals surface area contributed by atoms with Crippen molar-refractivity contribution in [2.24, 2.45) is 0 Å². The maximum Gasteiger partial charge on any atom is 0.303 e. The molecular weight excluding hydrogens is 460 g/mol. The number of esters is 5. The fourth-order valence-electron chi connectivity index (χ4n) is 2.69. The maximum atomic E-state index is 11.8. The lowest BCUT2D eigenvalue weighted by Gasteiger charge is -2.49. The van der Waals surface area contributed by atoms with Gasteiger partial charge in [0.05, 0.1) is 0 Å². The van der Waals surface area contributed by atoms with Crippen molar-refractivity contribution in [1.29, 1.82) is 0 Å². The molecule has 0 saturated carbocycles. The third kappa shape index (κ3) is 7.28. The first kappa shape index (κ1) is 24.8. The third-order valence-electron chi connectivity index (χ3n) is 3.68. The van der Waals surface area contributed by atoms with E-state index in [4.69, 9.17) is 28.4 Å². The van der Waals surface area contributed by atoms with Crippen LogP contribution in [0.25, 0.3) is 0 Å². The van der Waals surface area contributed by atoms with Gasteiger partial charge in [-0.2, -0.15) is 0 Å². The van der Waals surface area contributed by atoms with Gasteiger partial charge in [0.1, 0.15) is 13.2 Å². The second-order valence-corrected chi connectivity index (χ2v) is 7.17. The smallest absolute Gasteiger partial charge is 0.303 e. The lowest BCUT2D eigenvalue weighted by Crippen LogP contribution is -2.69. The van der Waals surface area contributed by atoms with Gasteiger partial charge in [-0.25, -0.2) is 0 Å². The minimum absolute atomic E-state index is 0.514. The average Bonchev–Trinajstić information content (AvgIpc) is 2.56. The number of rotatable bonds is 7. The molecule has 1 saturated heterocycles. The predicted molar refractivity (Wildman–Crippen MR) is 96.5 cm³/mol. The number of ether oxygens (including phenoxy) is 6. The average molecular weight is 483 g/mol. The summed E-state index contributed by atoms with van der Waals surface area (Å²) in [4.78, 5) is 57.8. The highest BCUT2D eigenvalue weighted by Crippen LogP contribution is 2.38. The third-order valence-corrected chi connectivity index (χ3v) is 4.39. The van der Waals surface area contributed by atoms with E-state index in [1.807, 2.05) is 0 Å². The Balaban J connectivity index is 3.48. The van der Waals surface area contributed by atoms with Crippen molar-refractivity contribution in [3.63, 3.8) is 0 Å². The van der Waals surface area contributed by atoms with Gasteiger partial charge in [0.15, 0.2) is 28.9 Å². The summed E-state index contributed by atoms with van der Waals surface area (Å²) in [5.74, 6) is -3.64. The highest BCUT2D eigenvalue weighted by Gasteiger charge is 2.60. The molecule has 164 valence electrons. The van der Waals surface area contributed by atoms with Gasteiger partial charge in [-0.3, -0.25) is 24.0 Å². The Morgan fingerprint density at radius 2 is 1.14 bits per heavy atom.